The summed E-state index contributed by atoms with van der Waals surface area (Å²) in [7, 11) is 1.61. The second-order valence-corrected chi connectivity index (χ2v) is 4.72. The number of aromatic nitrogens is 2. The molecule has 0 saturated heterocycles. The molecule has 2 N–H and O–H groups in total. The average molecular weight is 266 g/mol. The Kier molecular flexibility index (Phi) is 5.20. The van der Waals surface area contributed by atoms with E-state index in [2.05, 4.69) is 15.7 Å². The van der Waals surface area contributed by atoms with Crippen LogP contribution in [0.15, 0.2) is 6.20 Å². The normalized spacial score (nSPS) is 13.9. The van der Waals surface area contributed by atoms with E-state index in [1.54, 1.807) is 7.11 Å². The van der Waals surface area contributed by atoms with Gasteiger partial charge in [-0.1, -0.05) is 0 Å². The Hall–Kier alpha value is -1.56. The minimum atomic E-state index is -0.155. The third-order valence-electron chi connectivity index (χ3n) is 3.35. The minimum absolute atomic E-state index is 0.155. The van der Waals surface area contributed by atoms with E-state index in [4.69, 9.17) is 4.74 Å². The third-order valence-corrected chi connectivity index (χ3v) is 3.35. The maximum atomic E-state index is 11.4. The molecule has 1 aromatic heterocycles. The van der Waals surface area contributed by atoms with Crippen LogP contribution in [0.4, 0.5) is 4.79 Å². The summed E-state index contributed by atoms with van der Waals surface area (Å²) in [6.07, 6.45) is 6.71. The predicted octanol–water partition coefficient (Wildman–Crippen LogP) is 0.707. The monoisotopic (exact) mass is 266 g/mol. The first-order valence-corrected chi connectivity index (χ1v) is 6.85. The number of methoxy groups -OCH3 is 1. The number of ether oxygens (including phenoxy) is 1. The zero-order valence-electron chi connectivity index (χ0n) is 11.4. The molecule has 1 aliphatic carbocycles. The highest BCUT2D eigenvalue weighted by atomic mass is 16.5. The van der Waals surface area contributed by atoms with Gasteiger partial charge in [0.1, 0.15) is 0 Å². The fraction of sp³-hybridized carbons (Fsp3) is 0.692. The van der Waals surface area contributed by atoms with Crippen LogP contribution in [0, 0.1) is 0 Å². The van der Waals surface area contributed by atoms with Crippen LogP contribution in [-0.4, -0.2) is 42.6 Å². The van der Waals surface area contributed by atoms with Crippen molar-refractivity contribution >= 4 is 6.03 Å². The molecule has 1 heterocycles. The first-order valence-electron chi connectivity index (χ1n) is 6.85. The van der Waals surface area contributed by atoms with Gasteiger partial charge < -0.3 is 15.4 Å². The number of urea groups is 1. The first kappa shape index (κ1) is 13.9. The molecular weight excluding hydrogens is 244 g/mol. The molecule has 1 aromatic rings. The average Bonchev–Trinajstić information content (AvgIpc) is 2.83. The Morgan fingerprint density at radius 3 is 3.00 bits per heavy atom. The lowest BCUT2D eigenvalue weighted by Gasteiger charge is -2.14. The fourth-order valence-electron chi connectivity index (χ4n) is 2.35. The summed E-state index contributed by atoms with van der Waals surface area (Å²) in [5.74, 6) is 0. The van der Waals surface area contributed by atoms with Crippen molar-refractivity contribution in [2.75, 3.05) is 26.8 Å². The lowest BCUT2D eigenvalue weighted by atomic mass is 9.98. The van der Waals surface area contributed by atoms with Gasteiger partial charge in [0.15, 0.2) is 0 Å². The highest BCUT2D eigenvalue weighted by molar-refractivity contribution is 5.73. The summed E-state index contributed by atoms with van der Waals surface area (Å²) >= 11 is 0. The van der Waals surface area contributed by atoms with Crippen LogP contribution in [0.5, 0.6) is 0 Å². The van der Waals surface area contributed by atoms with Gasteiger partial charge in [0.25, 0.3) is 0 Å². The zero-order chi connectivity index (χ0) is 13.5. The van der Waals surface area contributed by atoms with Gasteiger partial charge in [-0.15, -0.1) is 0 Å². The van der Waals surface area contributed by atoms with Gasteiger partial charge in [-0.3, -0.25) is 4.68 Å². The minimum Gasteiger partial charge on any atom is -0.383 e. The highest BCUT2D eigenvalue weighted by Crippen LogP contribution is 2.20. The van der Waals surface area contributed by atoms with Gasteiger partial charge in [-0.2, -0.15) is 5.10 Å². The third kappa shape index (κ3) is 3.96. The van der Waals surface area contributed by atoms with Crippen molar-refractivity contribution < 1.29 is 9.53 Å². The molecule has 19 heavy (non-hydrogen) atoms. The molecule has 0 aliphatic heterocycles. The van der Waals surface area contributed by atoms with Crippen molar-refractivity contribution in [3.05, 3.63) is 17.5 Å². The number of fused-ring (bicyclic) bond motifs is 1. The van der Waals surface area contributed by atoms with Crippen molar-refractivity contribution in [2.45, 2.75) is 32.2 Å². The molecule has 2 amide bonds. The van der Waals surface area contributed by atoms with Gasteiger partial charge in [0, 0.05) is 25.9 Å². The number of rotatable bonds is 6. The number of aryl methyl sites for hydroxylation is 1. The topological polar surface area (TPSA) is 68.2 Å². The van der Waals surface area contributed by atoms with E-state index in [-0.39, 0.29) is 6.03 Å². The Balaban J connectivity index is 1.71. The van der Waals surface area contributed by atoms with E-state index in [0.717, 1.165) is 19.4 Å². The van der Waals surface area contributed by atoms with E-state index in [1.807, 2.05) is 10.9 Å². The largest absolute Gasteiger partial charge is 0.383 e. The van der Waals surface area contributed by atoms with Crippen molar-refractivity contribution in [2.24, 2.45) is 0 Å². The Morgan fingerprint density at radius 1 is 1.37 bits per heavy atom. The van der Waals surface area contributed by atoms with Crippen LogP contribution >= 0.6 is 0 Å². The van der Waals surface area contributed by atoms with Gasteiger partial charge in [-0.25, -0.2) is 4.79 Å². The molecule has 0 unspecified atom stereocenters. The second kappa shape index (κ2) is 7.13. The molecule has 0 radical (unpaired) electrons. The van der Waals surface area contributed by atoms with Gasteiger partial charge >= 0.3 is 6.03 Å². The summed E-state index contributed by atoms with van der Waals surface area (Å²) in [5, 5.41) is 9.94. The highest BCUT2D eigenvalue weighted by Gasteiger charge is 2.14. The lowest BCUT2D eigenvalue weighted by molar-refractivity contribution is 0.196. The number of hydrogen-bond donors (Lipinski definition) is 2. The quantitative estimate of drug-likeness (QED) is 0.745. The van der Waals surface area contributed by atoms with Gasteiger partial charge in [0.05, 0.1) is 19.3 Å². The number of carbonyl (C=O) groups is 1. The van der Waals surface area contributed by atoms with Crippen LogP contribution in [-0.2, 0) is 24.1 Å². The van der Waals surface area contributed by atoms with Crippen LogP contribution in [0.2, 0.25) is 0 Å². The van der Waals surface area contributed by atoms with Crippen LogP contribution in [0.3, 0.4) is 0 Å². The predicted molar refractivity (Wildman–Crippen MR) is 72.1 cm³/mol. The van der Waals surface area contributed by atoms with E-state index in [9.17, 15) is 4.79 Å². The Morgan fingerprint density at radius 2 is 2.16 bits per heavy atom. The number of carbonyl (C=O) groups excluding carboxylic acids is 1. The molecule has 1 aliphatic rings. The Labute approximate surface area is 113 Å². The maximum Gasteiger partial charge on any atom is 0.314 e. The number of amides is 2. The smallest absolute Gasteiger partial charge is 0.314 e. The van der Waals surface area contributed by atoms with E-state index < -0.39 is 0 Å². The van der Waals surface area contributed by atoms with E-state index in [1.165, 1.54) is 24.1 Å². The number of hydrogen-bond acceptors (Lipinski definition) is 3. The SMILES string of the molecule is COCCNC(=O)NCCn1ncc2c1CCCC2. The molecule has 0 spiro atoms. The van der Waals surface area contributed by atoms with Crippen molar-refractivity contribution in [1.82, 2.24) is 20.4 Å². The van der Waals surface area contributed by atoms with Crippen LogP contribution < -0.4 is 10.6 Å². The molecule has 0 atom stereocenters. The molecule has 0 saturated carbocycles. The van der Waals surface area contributed by atoms with E-state index >= 15 is 0 Å². The maximum absolute atomic E-state index is 11.4. The lowest BCUT2D eigenvalue weighted by Crippen LogP contribution is -2.38. The standard InChI is InChI=1S/C13H22N4O2/c1-19-9-7-15-13(18)14-6-8-17-12-5-3-2-4-11(12)10-16-17/h10H,2-9H2,1H3,(H2,14,15,18). The summed E-state index contributed by atoms with van der Waals surface area (Å²) in [5.41, 5.74) is 2.71. The van der Waals surface area contributed by atoms with Gasteiger partial charge in [-0.05, 0) is 31.2 Å². The zero-order valence-corrected chi connectivity index (χ0v) is 11.4. The number of nitrogens with zero attached hydrogens (tertiary/aromatic N) is 2. The van der Waals surface area contributed by atoms with Crippen molar-refractivity contribution in [3.63, 3.8) is 0 Å². The molecule has 0 fully saturated rings. The first-order chi connectivity index (χ1) is 9.31. The molecule has 0 aromatic carbocycles. The summed E-state index contributed by atoms with van der Waals surface area (Å²) < 4.78 is 6.88. The van der Waals surface area contributed by atoms with Crippen molar-refractivity contribution in [3.8, 4) is 0 Å². The summed E-state index contributed by atoms with van der Waals surface area (Å²) in [4.78, 5) is 11.4. The number of nitrogens with one attached hydrogen (secondary N) is 2. The summed E-state index contributed by atoms with van der Waals surface area (Å²) in [6.45, 7) is 2.37. The molecule has 6 heteroatoms. The van der Waals surface area contributed by atoms with Crippen LogP contribution in [0.1, 0.15) is 24.1 Å². The molecule has 0 bridgehead atoms. The molecule has 2 rings (SSSR count). The van der Waals surface area contributed by atoms with E-state index in [0.29, 0.717) is 19.7 Å². The van der Waals surface area contributed by atoms with Crippen LogP contribution in [0.25, 0.3) is 0 Å². The van der Waals surface area contributed by atoms with Crippen molar-refractivity contribution in [1.29, 1.82) is 0 Å². The van der Waals surface area contributed by atoms with Gasteiger partial charge in [0.2, 0.25) is 0 Å². The Bertz CT molecular complexity index is 417. The second-order valence-electron chi connectivity index (χ2n) is 4.72. The molecule has 6 nitrogen and oxygen atoms in total. The fourth-order valence-corrected chi connectivity index (χ4v) is 2.35. The summed E-state index contributed by atoms with van der Waals surface area (Å²) in [6, 6.07) is -0.155. The molecule has 106 valence electrons. The molecular formula is C13H22N4O2.